The van der Waals surface area contributed by atoms with Gasteiger partial charge in [-0.2, -0.15) is 0 Å². The quantitative estimate of drug-likeness (QED) is 0.924. The summed E-state index contributed by atoms with van der Waals surface area (Å²) in [6, 6.07) is 9.40. The number of aromatic amines is 1. The van der Waals surface area contributed by atoms with E-state index >= 15 is 0 Å². The Labute approximate surface area is 132 Å². The van der Waals surface area contributed by atoms with Gasteiger partial charge in [0.15, 0.2) is 0 Å². The highest BCUT2D eigenvalue weighted by Crippen LogP contribution is 2.24. The number of nitrogens with zero attached hydrogens (tertiary/aromatic N) is 1. The van der Waals surface area contributed by atoms with E-state index in [0.717, 1.165) is 23.3 Å². The Balaban J connectivity index is 1.74. The zero-order valence-corrected chi connectivity index (χ0v) is 13.4. The Bertz CT molecular complexity index is 649. The number of H-pyrrole nitrogens is 1. The third-order valence-corrected chi connectivity index (χ3v) is 4.08. The van der Waals surface area contributed by atoms with E-state index in [-0.39, 0.29) is 5.91 Å². The minimum Gasteiger partial charge on any atom is -0.494 e. The summed E-state index contributed by atoms with van der Waals surface area (Å²) < 4.78 is 6.38. The molecule has 0 atom stereocenters. The van der Waals surface area contributed by atoms with Gasteiger partial charge in [0.05, 0.1) is 11.2 Å². The number of nitrogens with one attached hydrogen (secondary N) is 1. The molecule has 1 amide bonds. The van der Waals surface area contributed by atoms with Crippen molar-refractivity contribution in [3.8, 4) is 5.75 Å². The standard InChI is InChI=1S/C16H17BrN2O2/c1-2-21-13-5-3-11(4-6-13)16(20)19-8-7-14-12(10-19)9-15(17)18-14/h3-6,9,18H,2,7-8,10H2,1H3. The van der Waals surface area contributed by atoms with Crippen LogP contribution >= 0.6 is 15.9 Å². The number of rotatable bonds is 3. The maximum atomic E-state index is 12.5. The maximum Gasteiger partial charge on any atom is 0.254 e. The molecular formula is C16H17BrN2O2. The van der Waals surface area contributed by atoms with E-state index in [1.165, 1.54) is 11.3 Å². The number of carbonyl (C=O) groups is 1. The van der Waals surface area contributed by atoms with E-state index in [4.69, 9.17) is 4.74 Å². The highest BCUT2D eigenvalue weighted by Gasteiger charge is 2.23. The summed E-state index contributed by atoms with van der Waals surface area (Å²) in [5, 5.41) is 0. The molecule has 4 nitrogen and oxygen atoms in total. The summed E-state index contributed by atoms with van der Waals surface area (Å²) >= 11 is 3.44. The third kappa shape index (κ3) is 2.97. The minimum atomic E-state index is 0.0704. The minimum absolute atomic E-state index is 0.0704. The first-order valence-electron chi connectivity index (χ1n) is 7.05. The smallest absolute Gasteiger partial charge is 0.254 e. The lowest BCUT2D eigenvalue weighted by Gasteiger charge is -2.27. The number of halogens is 1. The van der Waals surface area contributed by atoms with E-state index in [9.17, 15) is 4.79 Å². The van der Waals surface area contributed by atoms with Crippen LogP contribution in [0.15, 0.2) is 34.9 Å². The average molecular weight is 349 g/mol. The molecule has 3 rings (SSSR count). The highest BCUT2D eigenvalue weighted by molar-refractivity contribution is 9.10. The fourth-order valence-electron chi connectivity index (χ4n) is 2.61. The molecule has 0 unspecified atom stereocenters. The largest absolute Gasteiger partial charge is 0.494 e. The van der Waals surface area contributed by atoms with Crippen LogP contribution in [0, 0.1) is 0 Å². The van der Waals surface area contributed by atoms with Crippen molar-refractivity contribution in [3.63, 3.8) is 0 Å². The van der Waals surface area contributed by atoms with Gasteiger partial charge in [0.2, 0.25) is 0 Å². The monoisotopic (exact) mass is 348 g/mol. The third-order valence-electron chi connectivity index (χ3n) is 3.65. The number of benzene rings is 1. The molecule has 2 heterocycles. The maximum absolute atomic E-state index is 12.5. The zero-order valence-electron chi connectivity index (χ0n) is 11.9. The summed E-state index contributed by atoms with van der Waals surface area (Å²) in [4.78, 5) is 17.7. The number of hydrogen-bond donors (Lipinski definition) is 1. The van der Waals surface area contributed by atoms with Crippen LogP contribution in [0.4, 0.5) is 0 Å². The van der Waals surface area contributed by atoms with Gasteiger partial charge in [-0.1, -0.05) is 0 Å². The van der Waals surface area contributed by atoms with Crippen molar-refractivity contribution < 1.29 is 9.53 Å². The normalized spacial score (nSPS) is 13.9. The Morgan fingerprint density at radius 3 is 2.86 bits per heavy atom. The first kappa shape index (κ1) is 14.2. The molecular weight excluding hydrogens is 332 g/mol. The Morgan fingerprint density at radius 1 is 1.38 bits per heavy atom. The summed E-state index contributed by atoms with van der Waals surface area (Å²) in [7, 11) is 0. The molecule has 0 bridgehead atoms. The lowest BCUT2D eigenvalue weighted by atomic mass is 10.1. The Morgan fingerprint density at radius 2 is 2.14 bits per heavy atom. The molecule has 0 radical (unpaired) electrons. The lowest BCUT2D eigenvalue weighted by molar-refractivity contribution is 0.0734. The van der Waals surface area contributed by atoms with E-state index in [0.29, 0.717) is 18.7 Å². The van der Waals surface area contributed by atoms with Crippen LogP contribution in [0.5, 0.6) is 5.75 Å². The van der Waals surface area contributed by atoms with Gasteiger partial charge in [0.1, 0.15) is 5.75 Å². The predicted octanol–water partition coefficient (Wildman–Crippen LogP) is 3.37. The SMILES string of the molecule is CCOc1ccc(C(=O)N2CCc3[nH]c(Br)cc3C2)cc1. The van der Waals surface area contributed by atoms with Crippen LogP contribution in [0.25, 0.3) is 0 Å². The molecule has 1 N–H and O–H groups in total. The molecule has 110 valence electrons. The Kier molecular flexibility index (Phi) is 4.01. The molecule has 1 aromatic heterocycles. The first-order chi connectivity index (χ1) is 10.2. The molecule has 21 heavy (non-hydrogen) atoms. The van der Waals surface area contributed by atoms with Crippen molar-refractivity contribution in [1.29, 1.82) is 0 Å². The van der Waals surface area contributed by atoms with Gasteiger partial charge >= 0.3 is 0 Å². The molecule has 1 aromatic carbocycles. The van der Waals surface area contributed by atoms with Crippen molar-refractivity contribution >= 4 is 21.8 Å². The van der Waals surface area contributed by atoms with E-state index in [1.54, 1.807) is 0 Å². The second-order valence-electron chi connectivity index (χ2n) is 5.06. The molecule has 0 fully saturated rings. The van der Waals surface area contributed by atoms with E-state index < -0.39 is 0 Å². The molecule has 5 heteroatoms. The number of amides is 1. The van der Waals surface area contributed by atoms with Crippen LogP contribution in [-0.4, -0.2) is 28.9 Å². The summed E-state index contributed by atoms with van der Waals surface area (Å²) in [5.74, 6) is 0.866. The van der Waals surface area contributed by atoms with E-state index in [1.807, 2.05) is 42.2 Å². The average Bonchev–Trinajstić information content (AvgIpc) is 2.86. The van der Waals surface area contributed by atoms with Gasteiger partial charge in [-0.15, -0.1) is 0 Å². The second-order valence-corrected chi connectivity index (χ2v) is 5.91. The highest BCUT2D eigenvalue weighted by atomic mass is 79.9. The summed E-state index contributed by atoms with van der Waals surface area (Å²) in [6.07, 6.45) is 0.865. The fraction of sp³-hybridized carbons (Fsp3) is 0.312. The molecule has 1 aliphatic heterocycles. The molecule has 1 aliphatic rings. The number of aromatic nitrogens is 1. The van der Waals surface area contributed by atoms with Crippen LogP contribution in [0.3, 0.4) is 0 Å². The number of carbonyl (C=O) groups excluding carboxylic acids is 1. The Hall–Kier alpha value is -1.75. The lowest BCUT2D eigenvalue weighted by Crippen LogP contribution is -2.35. The second kappa shape index (κ2) is 5.93. The molecule has 0 saturated carbocycles. The van der Waals surface area contributed by atoms with Crippen molar-refractivity contribution in [1.82, 2.24) is 9.88 Å². The summed E-state index contributed by atoms with van der Waals surface area (Å²) in [5.41, 5.74) is 3.11. The van der Waals surface area contributed by atoms with Gasteiger partial charge in [-0.3, -0.25) is 4.79 Å². The first-order valence-corrected chi connectivity index (χ1v) is 7.85. The zero-order chi connectivity index (χ0) is 14.8. The number of fused-ring (bicyclic) bond motifs is 1. The number of ether oxygens (including phenoxy) is 1. The molecule has 0 aliphatic carbocycles. The van der Waals surface area contributed by atoms with Crippen LogP contribution in [0.1, 0.15) is 28.5 Å². The van der Waals surface area contributed by atoms with Crippen molar-refractivity contribution in [3.05, 3.63) is 51.8 Å². The van der Waals surface area contributed by atoms with Crippen LogP contribution < -0.4 is 4.74 Å². The van der Waals surface area contributed by atoms with Gasteiger partial charge < -0.3 is 14.6 Å². The van der Waals surface area contributed by atoms with Gasteiger partial charge in [0.25, 0.3) is 5.91 Å². The van der Waals surface area contributed by atoms with Crippen molar-refractivity contribution in [2.75, 3.05) is 13.2 Å². The summed E-state index contributed by atoms with van der Waals surface area (Å²) in [6.45, 7) is 3.97. The van der Waals surface area contributed by atoms with Crippen LogP contribution in [-0.2, 0) is 13.0 Å². The van der Waals surface area contributed by atoms with Gasteiger partial charge in [0, 0.05) is 30.8 Å². The van der Waals surface area contributed by atoms with Gasteiger partial charge in [-0.05, 0) is 58.7 Å². The number of hydrogen-bond acceptors (Lipinski definition) is 2. The molecule has 0 saturated heterocycles. The fourth-order valence-corrected chi connectivity index (χ4v) is 3.13. The van der Waals surface area contributed by atoms with Gasteiger partial charge in [-0.25, -0.2) is 0 Å². The molecule has 2 aromatic rings. The van der Waals surface area contributed by atoms with Crippen molar-refractivity contribution in [2.24, 2.45) is 0 Å². The predicted molar refractivity (Wildman–Crippen MR) is 84.5 cm³/mol. The van der Waals surface area contributed by atoms with E-state index in [2.05, 4.69) is 20.9 Å². The molecule has 0 spiro atoms. The topological polar surface area (TPSA) is 45.3 Å². The van der Waals surface area contributed by atoms with Crippen LogP contribution in [0.2, 0.25) is 0 Å². The van der Waals surface area contributed by atoms with Crippen molar-refractivity contribution in [2.45, 2.75) is 19.9 Å².